The van der Waals surface area contributed by atoms with Crippen LogP contribution < -0.4 is 5.56 Å². The molecular weight excluding hydrogens is 164 g/mol. The third-order valence-corrected chi connectivity index (χ3v) is 2.56. The van der Waals surface area contributed by atoms with Gasteiger partial charge in [-0.1, -0.05) is 6.92 Å². The van der Waals surface area contributed by atoms with Gasteiger partial charge in [0.05, 0.1) is 0 Å². The number of aromatic nitrogens is 2. The quantitative estimate of drug-likeness (QED) is 0.746. The average Bonchev–Trinajstić information content (AvgIpc) is 2.85. The first kappa shape index (κ1) is 8.48. The fourth-order valence-corrected chi connectivity index (χ4v) is 1.60. The lowest BCUT2D eigenvalue weighted by atomic mass is 10.2. The zero-order valence-corrected chi connectivity index (χ0v) is 8.05. The highest BCUT2D eigenvalue weighted by Gasteiger charge is 2.26. The topological polar surface area (TPSA) is 45.8 Å². The number of nitrogens with one attached hydrogen (secondary N) is 1. The third kappa shape index (κ3) is 1.50. The van der Waals surface area contributed by atoms with Crippen molar-refractivity contribution >= 4 is 0 Å². The normalized spacial score (nSPS) is 16.2. The first-order valence-electron chi connectivity index (χ1n) is 4.82. The van der Waals surface area contributed by atoms with Crippen molar-refractivity contribution in [3.05, 3.63) is 27.4 Å². The van der Waals surface area contributed by atoms with Gasteiger partial charge in [0.25, 0.3) is 5.56 Å². The second-order valence-electron chi connectivity index (χ2n) is 3.64. The SMILES string of the molecule is CCc1c(C)nc(C2CC2)[nH]c1=O. The Morgan fingerprint density at radius 3 is 2.69 bits per heavy atom. The molecule has 1 fully saturated rings. The molecule has 13 heavy (non-hydrogen) atoms. The van der Waals surface area contributed by atoms with Crippen molar-refractivity contribution in [1.29, 1.82) is 0 Å². The number of H-pyrrole nitrogens is 1. The van der Waals surface area contributed by atoms with Crippen LogP contribution >= 0.6 is 0 Å². The highest BCUT2D eigenvalue weighted by molar-refractivity contribution is 5.18. The van der Waals surface area contributed by atoms with E-state index in [9.17, 15) is 4.79 Å². The minimum absolute atomic E-state index is 0.0527. The summed E-state index contributed by atoms with van der Waals surface area (Å²) < 4.78 is 0. The van der Waals surface area contributed by atoms with Crippen LogP contribution in [0.4, 0.5) is 0 Å². The van der Waals surface area contributed by atoms with Crippen LogP contribution in [0.25, 0.3) is 0 Å². The Morgan fingerprint density at radius 2 is 2.23 bits per heavy atom. The van der Waals surface area contributed by atoms with E-state index < -0.39 is 0 Å². The Balaban J connectivity index is 2.48. The number of hydrogen-bond donors (Lipinski definition) is 1. The molecule has 0 saturated heterocycles. The minimum Gasteiger partial charge on any atom is -0.310 e. The molecule has 1 N–H and O–H groups in total. The highest BCUT2D eigenvalue weighted by Crippen LogP contribution is 2.37. The van der Waals surface area contributed by atoms with Gasteiger partial charge >= 0.3 is 0 Å². The van der Waals surface area contributed by atoms with E-state index in [1.54, 1.807) is 0 Å². The lowest BCUT2D eigenvalue weighted by molar-refractivity contribution is 0.854. The van der Waals surface area contributed by atoms with E-state index in [1.807, 2.05) is 13.8 Å². The van der Waals surface area contributed by atoms with E-state index in [0.717, 1.165) is 23.5 Å². The maximum Gasteiger partial charge on any atom is 0.254 e. The molecule has 1 aromatic rings. The van der Waals surface area contributed by atoms with E-state index >= 15 is 0 Å². The zero-order chi connectivity index (χ0) is 9.42. The van der Waals surface area contributed by atoms with Crippen LogP contribution in [0, 0.1) is 6.92 Å². The van der Waals surface area contributed by atoms with Crippen LogP contribution in [0.15, 0.2) is 4.79 Å². The smallest absolute Gasteiger partial charge is 0.254 e. The summed E-state index contributed by atoms with van der Waals surface area (Å²) in [6.07, 6.45) is 3.11. The van der Waals surface area contributed by atoms with Crippen molar-refractivity contribution < 1.29 is 0 Å². The summed E-state index contributed by atoms with van der Waals surface area (Å²) in [6.45, 7) is 3.90. The van der Waals surface area contributed by atoms with E-state index in [4.69, 9.17) is 0 Å². The molecule has 0 radical (unpaired) electrons. The Bertz CT molecular complexity index is 377. The monoisotopic (exact) mass is 178 g/mol. The first-order valence-corrected chi connectivity index (χ1v) is 4.82. The second-order valence-corrected chi connectivity index (χ2v) is 3.64. The van der Waals surface area contributed by atoms with Gasteiger partial charge in [0, 0.05) is 17.2 Å². The van der Waals surface area contributed by atoms with Crippen molar-refractivity contribution in [2.75, 3.05) is 0 Å². The van der Waals surface area contributed by atoms with Crippen molar-refractivity contribution in [1.82, 2.24) is 9.97 Å². The fraction of sp³-hybridized carbons (Fsp3) is 0.600. The Kier molecular flexibility index (Phi) is 1.94. The number of aromatic amines is 1. The standard InChI is InChI=1S/C10H14N2O/c1-3-8-6(2)11-9(7-4-5-7)12-10(8)13/h7H,3-5H2,1-2H3,(H,11,12,13). The lowest BCUT2D eigenvalue weighted by Crippen LogP contribution is -2.17. The van der Waals surface area contributed by atoms with Gasteiger partial charge in [-0.15, -0.1) is 0 Å². The first-order chi connectivity index (χ1) is 6.22. The molecular formula is C10H14N2O. The van der Waals surface area contributed by atoms with Gasteiger partial charge in [-0.25, -0.2) is 4.98 Å². The second kappa shape index (κ2) is 2.98. The Hall–Kier alpha value is -1.12. The molecule has 0 atom stereocenters. The van der Waals surface area contributed by atoms with Gasteiger partial charge in [-0.2, -0.15) is 0 Å². The van der Waals surface area contributed by atoms with Gasteiger partial charge in [0.2, 0.25) is 0 Å². The van der Waals surface area contributed by atoms with Gasteiger partial charge in [-0.05, 0) is 26.2 Å². The number of nitrogens with zero attached hydrogens (tertiary/aromatic N) is 1. The van der Waals surface area contributed by atoms with Crippen LogP contribution in [0.2, 0.25) is 0 Å². The molecule has 1 saturated carbocycles. The summed E-state index contributed by atoms with van der Waals surface area (Å²) in [4.78, 5) is 18.8. The minimum atomic E-state index is 0.0527. The van der Waals surface area contributed by atoms with Crippen LogP contribution in [0.1, 0.15) is 42.8 Å². The van der Waals surface area contributed by atoms with Crippen molar-refractivity contribution in [2.45, 2.75) is 39.0 Å². The van der Waals surface area contributed by atoms with Gasteiger partial charge < -0.3 is 4.98 Å². The van der Waals surface area contributed by atoms with Crippen LogP contribution in [0.5, 0.6) is 0 Å². The summed E-state index contributed by atoms with van der Waals surface area (Å²) in [7, 11) is 0. The molecule has 1 aliphatic carbocycles. The third-order valence-electron chi connectivity index (χ3n) is 2.56. The number of hydrogen-bond acceptors (Lipinski definition) is 2. The van der Waals surface area contributed by atoms with Gasteiger partial charge in [0.15, 0.2) is 0 Å². The molecule has 3 heteroatoms. The van der Waals surface area contributed by atoms with Crippen molar-refractivity contribution in [3.63, 3.8) is 0 Å². The maximum absolute atomic E-state index is 11.5. The number of aryl methyl sites for hydroxylation is 1. The molecule has 1 aromatic heterocycles. The van der Waals surface area contributed by atoms with Crippen LogP contribution in [-0.4, -0.2) is 9.97 Å². The summed E-state index contributed by atoms with van der Waals surface area (Å²) >= 11 is 0. The van der Waals surface area contributed by atoms with Crippen molar-refractivity contribution in [2.24, 2.45) is 0 Å². The van der Waals surface area contributed by atoms with Crippen LogP contribution in [0.3, 0.4) is 0 Å². The van der Waals surface area contributed by atoms with Crippen molar-refractivity contribution in [3.8, 4) is 0 Å². The lowest BCUT2D eigenvalue weighted by Gasteiger charge is -2.03. The van der Waals surface area contributed by atoms with E-state index in [0.29, 0.717) is 5.92 Å². The number of rotatable bonds is 2. The Labute approximate surface area is 77.2 Å². The Morgan fingerprint density at radius 1 is 1.54 bits per heavy atom. The summed E-state index contributed by atoms with van der Waals surface area (Å²) in [5.74, 6) is 1.41. The van der Waals surface area contributed by atoms with Crippen LogP contribution in [-0.2, 0) is 6.42 Å². The zero-order valence-electron chi connectivity index (χ0n) is 8.05. The van der Waals surface area contributed by atoms with E-state index in [-0.39, 0.29) is 5.56 Å². The fourth-order valence-electron chi connectivity index (χ4n) is 1.60. The molecule has 0 spiro atoms. The van der Waals surface area contributed by atoms with E-state index in [2.05, 4.69) is 9.97 Å². The maximum atomic E-state index is 11.5. The summed E-state index contributed by atoms with van der Waals surface area (Å²) in [5, 5.41) is 0. The molecule has 3 nitrogen and oxygen atoms in total. The largest absolute Gasteiger partial charge is 0.310 e. The molecule has 1 heterocycles. The highest BCUT2D eigenvalue weighted by atomic mass is 16.1. The van der Waals surface area contributed by atoms with Gasteiger partial charge in [-0.3, -0.25) is 4.79 Å². The molecule has 0 aromatic carbocycles. The average molecular weight is 178 g/mol. The van der Waals surface area contributed by atoms with Gasteiger partial charge in [0.1, 0.15) is 5.82 Å². The summed E-state index contributed by atoms with van der Waals surface area (Å²) in [5.41, 5.74) is 1.77. The summed E-state index contributed by atoms with van der Waals surface area (Å²) in [6, 6.07) is 0. The molecule has 70 valence electrons. The molecule has 0 amide bonds. The predicted octanol–water partition coefficient (Wildman–Crippen LogP) is 1.52. The predicted molar refractivity (Wildman–Crippen MR) is 50.9 cm³/mol. The molecule has 0 bridgehead atoms. The van der Waals surface area contributed by atoms with E-state index in [1.165, 1.54) is 12.8 Å². The molecule has 1 aliphatic rings. The molecule has 0 unspecified atom stereocenters. The molecule has 0 aliphatic heterocycles. The molecule has 2 rings (SSSR count).